The van der Waals surface area contributed by atoms with Crippen molar-refractivity contribution in [2.24, 2.45) is 0 Å². The highest BCUT2D eigenvalue weighted by Gasteiger charge is 2.18. The van der Waals surface area contributed by atoms with Crippen LogP contribution >= 0.6 is 15.9 Å². The molecular weight excluding hydrogens is 488 g/mol. The van der Waals surface area contributed by atoms with Gasteiger partial charge in [0, 0.05) is 24.7 Å². The largest absolute Gasteiger partial charge is 0.494 e. The number of carbonyl (C=O) groups is 1. The van der Waals surface area contributed by atoms with Crippen molar-refractivity contribution in [2.45, 2.75) is 33.3 Å². The number of rotatable bonds is 12. The molecular formula is C26H29BrO6. The molecule has 33 heavy (non-hydrogen) atoms. The normalized spacial score (nSPS) is 11.5. The minimum absolute atomic E-state index is 0.285. The zero-order valence-corrected chi connectivity index (χ0v) is 20.7. The minimum atomic E-state index is -0.974. The van der Waals surface area contributed by atoms with Gasteiger partial charge in [0.1, 0.15) is 23.9 Å². The predicted octanol–water partition coefficient (Wildman–Crippen LogP) is 5.27. The van der Waals surface area contributed by atoms with Crippen molar-refractivity contribution in [2.75, 3.05) is 26.4 Å². The van der Waals surface area contributed by atoms with Gasteiger partial charge in [0.15, 0.2) is 6.10 Å². The Morgan fingerprint density at radius 3 is 2.30 bits per heavy atom. The fraction of sp³-hybridized carbons (Fsp3) is 0.346. The number of carboxylic acids is 1. The van der Waals surface area contributed by atoms with E-state index in [9.17, 15) is 9.90 Å². The van der Waals surface area contributed by atoms with Crippen LogP contribution in [0.4, 0.5) is 0 Å². The van der Waals surface area contributed by atoms with Crippen molar-refractivity contribution in [1.29, 1.82) is 0 Å². The van der Waals surface area contributed by atoms with Crippen LogP contribution in [-0.2, 0) is 16.0 Å². The first kappa shape index (κ1) is 26.3. The molecule has 0 aliphatic rings. The molecule has 176 valence electrons. The molecule has 2 aromatic rings. The van der Waals surface area contributed by atoms with Crippen LogP contribution in [0, 0.1) is 11.8 Å². The summed E-state index contributed by atoms with van der Waals surface area (Å²) in [5.74, 6) is 7.20. The molecule has 2 aromatic carbocycles. The quantitative estimate of drug-likeness (QED) is 0.387. The predicted molar refractivity (Wildman–Crippen MR) is 131 cm³/mol. The Morgan fingerprint density at radius 2 is 1.73 bits per heavy atom. The standard InChI is InChI=1S/C26H29BrO6/c1-4-30-21-14-19(15-22(18-21)31-5-2)10-8-7-9-13-33-24-12-11-20(16-23(24)27)17-25(26(28)29)32-6-3/h7,9,11-12,14-16,18,25H,4-6,13,17H2,1-3H3,(H,28,29)/b9-7+/t25-/m0/s1. The van der Waals surface area contributed by atoms with Crippen LogP contribution in [-0.4, -0.2) is 43.6 Å². The van der Waals surface area contributed by atoms with E-state index in [0.717, 1.165) is 27.1 Å². The zero-order valence-electron chi connectivity index (χ0n) is 19.1. The SMILES string of the molecule is CCOc1cc(C#C/C=C/COc2ccc(C[C@H](OCC)C(=O)O)cc2Br)cc(OCC)c1. The highest BCUT2D eigenvalue weighted by molar-refractivity contribution is 9.10. The number of benzene rings is 2. The van der Waals surface area contributed by atoms with E-state index >= 15 is 0 Å². The second-order valence-corrected chi connectivity index (χ2v) is 7.65. The summed E-state index contributed by atoms with van der Waals surface area (Å²) in [6, 6.07) is 11.1. The Labute approximate surface area is 203 Å². The number of ether oxygens (including phenoxy) is 4. The molecule has 1 atom stereocenters. The molecule has 0 bridgehead atoms. The Hall–Kier alpha value is -2.95. The van der Waals surface area contributed by atoms with Crippen molar-refractivity contribution in [1.82, 2.24) is 0 Å². The summed E-state index contributed by atoms with van der Waals surface area (Å²) in [7, 11) is 0. The first-order valence-electron chi connectivity index (χ1n) is 10.8. The lowest BCUT2D eigenvalue weighted by Crippen LogP contribution is -2.26. The van der Waals surface area contributed by atoms with E-state index < -0.39 is 12.1 Å². The average Bonchev–Trinajstić information content (AvgIpc) is 2.77. The molecule has 6 nitrogen and oxygen atoms in total. The fourth-order valence-electron chi connectivity index (χ4n) is 2.93. The molecule has 7 heteroatoms. The number of allylic oxidation sites excluding steroid dienone is 1. The van der Waals surface area contributed by atoms with Gasteiger partial charge in [0.2, 0.25) is 0 Å². The first-order valence-corrected chi connectivity index (χ1v) is 11.6. The topological polar surface area (TPSA) is 74.2 Å². The zero-order chi connectivity index (χ0) is 24.1. The van der Waals surface area contributed by atoms with E-state index in [2.05, 4.69) is 27.8 Å². The molecule has 2 rings (SSSR count). The van der Waals surface area contributed by atoms with Gasteiger partial charge >= 0.3 is 5.97 Å². The molecule has 0 saturated carbocycles. The maximum Gasteiger partial charge on any atom is 0.333 e. The molecule has 0 aliphatic heterocycles. The molecule has 0 fully saturated rings. The summed E-state index contributed by atoms with van der Waals surface area (Å²) in [5, 5.41) is 9.23. The highest BCUT2D eigenvalue weighted by Crippen LogP contribution is 2.27. The van der Waals surface area contributed by atoms with Gasteiger partial charge in [-0.2, -0.15) is 0 Å². The fourth-order valence-corrected chi connectivity index (χ4v) is 3.48. The van der Waals surface area contributed by atoms with Crippen molar-refractivity contribution in [3.05, 3.63) is 64.1 Å². The number of hydrogen-bond donors (Lipinski definition) is 1. The van der Waals surface area contributed by atoms with Gasteiger partial charge in [0.25, 0.3) is 0 Å². The van der Waals surface area contributed by atoms with Gasteiger partial charge < -0.3 is 24.1 Å². The van der Waals surface area contributed by atoms with Gasteiger partial charge in [-0.3, -0.25) is 0 Å². The summed E-state index contributed by atoms with van der Waals surface area (Å²) in [6.07, 6.45) is 2.97. The van der Waals surface area contributed by atoms with E-state index in [-0.39, 0.29) is 6.42 Å². The minimum Gasteiger partial charge on any atom is -0.494 e. The van der Waals surface area contributed by atoms with Gasteiger partial charge in [-0.15, -0.1) is 0 Å². The summed E-state index contributed by atoms with van der Waals surface area (Å²) in [5.41, 5.74) is 1.65. The molecule has 0 spiro atoms. The van der Waals surface area contributed by atoms with Gasteiger partial charge in [0.05, 0.1) is 17.7 Å². The third kappa shape index (κ3) is 9.21. The Kier molecular flexibility index (Phi) is 11.4. The number of halogens is 1. The van der Waals surface area contributed by atoms with E-state index in [0.29, 0.717) is 32.2 Å². The van der Waals surface area contributed by atoms with Gasteiger partial charge in [-0.05, 0) is 78.7 Å². The lowest BCUT2D eigenvalue weighted by Gasteiger charge is -2.13. The highest BCUT2D eigenvalue weighted by atomic mass is 79.9. The van der Waals surface area contributed by atoms with Crippen LogP contribution in [0.5, 0.6) is 17.2 Å². The summed E-state index contributed by atoms with van der Waals surface area (Å²) < 4.78 is 22.9. The molecule has 0 radical (unpaired) electrons. The molecule has 0 amide bonds. The van der Waals surface area contributed by atoms with Crippen molar-refractivity contribution < 1.29 is 28.8 Å². The van der Waals surface area contributed by atoms with Gasteiger partial charge in [-0.1, -0.05) is 17.9 Å². The molecule has 0 saturated heterocycles. The summed E-state index contributed by atoms with van der Waals surface area (Å²) >= 11 is 3.48. The first-order chi connectivity index (χ1) is 16.0. The van der Waals surface area contributed by atoms with E-state index in [1.165, 1.54) is 0 Å². The summed E-state index contributed by atoms with van der Waals surface area (Å²) in [4.78, 5) is 11.3. The van der Waals surface area contributed by atoms with E-state index in [1.54, 1.807) is 19.1 Å². The molecule has 0 unspecified atom stereocenters. The lowest BCUT2D eigenvalue weighted by atomic mass is 10.1. The monoisotopic (exact) mass is 516 g/mol. The third-order valence-electron chi connectivity index (χ3n) is 4.32. The van der Waals surface area contributed by atoms with Crippen molar-refractivity contribution in [3.8, 4) is 29.1 Å². The third-order valence-corrected chi connectivity index (χ3v) is 4.94. The molecule has 0 heterocycles. The van der Waals surface area contributed by atoms with Crippen LogP contribution in [0.3, 0.4) is 0 Å². The van der Waals surface area contributed by atoms with E-state index in [1.807, 2.05) is 50.3 Å². The average molecular weight is 517 g/mol. The van der Waals surface area contributed by atoms with Crippen LogP contribution < -0.4 is 14.2 Å². The molecule has 0 aromatic heterocycles. The van der Waals surface area contributed by atoms with Crippen molar-refractivity contribution >= 4 is 21.9 Å². The van der Waals surface area contributed by atoms with Crippen molar-refractivity contribution in [3.63, 3.8) is 0 Å². The van der Waals surface area contributed by atoms with Gasteiger partial charge in [-0.25, -0.2) is 4.79 Å². The Balaban J connectivity index is 1.94. The molecule has 0 aliphatic carbocycles. The van der Waals surface area contributed by atoms with Crippen LogP contribution in [0.2, 0.25) is 0 Å². The maximum atomic E-state index is 11.3. The van der Waals surface area contributed by atoms with E-state index in [4.69, 9.17) is 18.9 Å². The lowest BCUT2D eigenvalue weighted by molar-refractivity contribution is -0.149. The second-order valence-electron chi connectivity index (χ2n) is 6.79. The van der Waals surface area contributed by atoms with Crippen LogP contribution in [0.1, 0.15) is 31.9 Å². The van der Waals surface area contributed by atoms with Crippen LogP contribution in [0.25, 0.3) is 0 Å². The van der Waals surface area contributed by atoms with Crippen LogP contribution in [0.15, 0.2) is 53.0 Å². The number of hydrogen-bond acceptors (Lipinski definition) is 5. The number of carboxylic acid groups (broad SMARTS) is 1. The second kappa shape index (κ2) is 14.2. The Bertz CT molecular complexity index is 981. The molecule has 1 N–H and O–H groups in total. The Morgan fingerprint density at radius 1 is 1.03 bits per heavy atom. The smallest absolute Gasteiger partial charge is 0.333 e. The summed E-state index contributed by atoms with van der Waals surface area (Å²) in [6.45, 7) is 7.47. The number of aliphatic carboxylic acids is 1. The maximum absolute atomic E-state index is 11.3.